The average Bonchev–Trinajstić information content (AvgIpc) is 3.00. The lowest BCUT2D eigenvalue weighted by Crippen LogP contribution is -2.20. The van der Waals surface area contributed by atoms with Crippen LogP contribution in [-0.2, 0) is 0 Å². The zero-order valence-electron chi connectivity index (χ0n) is 23.7. The number of benzene rings is 2. The Morgan fingerprint density at radius 1 is 0.744 bits per heavy atom. The van der Waals surface area contributed by atoms with Gasteiger partial charge in [-0.1, -0.05) is 36.0 Å². The number of aliphatic hydroxyl groups excluding tert-OH is 2. The van der Waals surface area contributed by atoms with Gasteiger partial charge in [-0.05, 0) is 68.3 Å². The second-order valence-corrected chi connectivity index (χ2v) is 10.2. The van der Waals surface area contributed by atoms with Gasteiger partial charge in [0.05, 0.1) is 19.0 Å². The molecule has 0 saturated carbocycles. The van der Waals surface area contributed by atoms with Crippen LogP contribution in [0.5, 0.6) is 23.0 Å². The summed E-state index contributed by atoms with van der Waals surface area (Å²) in [7, 11) is 0. The smallest absolute Gasteiger partial charge is 0.222 e. The highest BCUT2D eigenvalue weighted by Gasteiger charge is 2.12. The van der Waals surface area contributed by atoms with E-state index in [4.69, 9.17) is 54.4 Å². The van der Waals surface area contributed by atoms with Gasteiger partial charge in [0.1, 0.15) is 11.5 Å². The van der Waals surface area contributed by atoms with E-state index in [1.54, 1.807) is 54.7 Å². The van der Waals surface area contributed by atoms with E-state index >= 15 is 0 Å². The number of rotatable bonds is 14. The molecule has 0 aliphatic heterocycles. The van der Waals surface area contributed by atoms with Crippen molar-refractivity contribution in [2.75, 3.05) is 41.9 Å². The van der Waals surface area contributed by atoms with Gasteiger partial charge in [-0.25, -0.2) is 9.97 Å². The third kappa shape index (κ3) is 12.0. The van der Waals surface area contributed by atoms with E-state index in [2.05, 4.69) is 30.6 Å². The second-order valence-electron chi connectivity index (χ2n) is 9.29. The number of nitrogens with one attached hydrogen (secondary N) is 2. The Kier molecular flexibility index (Phi) is 13.8. The van der Waals surface area contributed by atoms with Gasteiger partial charge in [0, 0.05) is 29.2 Å². The number of aliphatic hydroxyl groups is 2. The third-order valence-electron chi connectivity index (χ3n) is 5.66. The summed E-state index contributed by atoms with van der Waals surface area (Å²) in [5.74, 6) is 3.48. The van der Waals surface area contributed by atoms with Crippen LogP contribution in [0.25, 0.3) is 0 Å². The number of halogens is 2. The predicted molar refractivity (Wildman–Crippen MR) is 170 cm³/mol. The molecule has 2 heterocycles. The molecule has 2 aromatic heterocycles. The van der Waals surface area contributed by atoms with Gasteiger partial charge in [0.2, 0.25) is 11.9 Å². The van der Waals surface area contributed by atoms with Gasteiger partial charge in [0.25, 0.3) is 0 Å². The Morgan fingerprint density at radius 2 is 1.23 bits per heavy atom. The number of anilines is 4. The maximum Gasteiger partial charge on any atom is 0.222 e. The lowest BCUT2D eigenvalue weighted by molar-refractivity contribution is 0.281. The van der Waals surface area contributed by atoms with Crippen LogP contribution in [0.2, 0.25) is 10.0 Å². The van der Waals surface area contributed by atoms with Crippen LogP contribution in [-0.4, -0.2) is 55.9 Å². The molecule has 0 aliphatic carbocycles. The second kappa shape index (κ2) is 17.8. The largest absolute Gasteiger partial charge is 0.452 e. The molecule has 14 heteroatoms. The van der Waals surface area contributed by atoms with Gasteiger partial charge >= 0.3 is 0 Å². The first-order valence-corrected chi connectivity index (χ1v) is 14.4. The molecule has 0 fully saturated rings. The monoisotopic (exact) mass is 630 g/mol. The zero-order chi connectivity index (χ0) is 31.0. The lowest BCUT2D eigenvalue weighted by Gasteiger charge is -2.15. The molecule has 12 nitrogen and oxygen atoms in total. The molecule has 230 valence electrons. The molecule has 4 rings (SSSR count). The van der Waals surface area contributed by atoms with E-state index < -0.39 is 0 Å². The van der Waals surface area contributed by atoms with E-state index in [-0.39, 0.29) is 31.2 Å². The molecule has 0 saturated heterocycles. The summed E-state index contributed by atoms with van der Waals surface area (Å²) in [6.45, 7) is 2.77. The van der Waals surface area contributed by atoms with Gasteiger partial charge in [-0.15, -0.1) is 0 Å². The number of unbranched alkanes of at least 4 members (excludes halogenated alkanes) is 3. The molecule has 2 aromatic carbocycles. The molecular formula is C29H36Cl2N8O4. The lowest BCUT2D eigenvalue weighted by atomic mass is 10.2. The molecule has 8 N–H and O–H groups in total. The fourth-order valence-electron chi connectivity index (χ4n) is 3.48. The van der Waals surface area contributed by atoms with Gasteiger partial charge in [0.15, 0.2) is 23.1 Å². The van der Waals surface area contributed by atoms with Crippen LogP contribution in [0.3, 0.4) is 0 Å². The minimum absolute atomic E-state index is 0.0374. The quantitative estimate of drug-likeness (QED) is 0.0925. The molecule has 0 amide bonds. The Bertz CT molecular complexity index is 1400. The Labute approximate surface area is 260 Å². The van der Waals surface area contributed by atoms with Crippen molar-refractivity contribution in [3.05, 3.63) is 71.0 Å². The van der Waals surface area contributed by atoms with Crippen LogP contribution >= 0.6 is 23.2 Å². The van der Waals surface area contributed by atoms with Crippen molar-refractivity contribution in [2.24, 2.45) is 0 Å². The normalized spacial score (nSPS) is 11.2. The summed E-state index contributed by atoms with van der Waals surface area (Å²) in [6.07, 6.45) is 6.89. The highest BCUT2D eigenvalue weighted by atomic mass is 35.5. The number of nitrogens with two attached hydrogens (primary N) is 2. The summed E-state index contributed by atoms with van der Waals surface area (Å²) in [4.78, 5) is 16.1. The van der Waals surface area contributed by atoms with Crippen LogP contribution in [0.15, 0.2) is 60.9 Å². The summed E-state index contributed by atoms with van der Waals surface area (Å²) >= 11 is 11.7. The minimum atomic E-state index is -0.183. The van der Waals surface area contributed by atoms with Crippen molar-refractivity contribution < 1.29 is 19.7 Å². The van der Waals surface area contributed by atoms with E-state index in [0.29, 0.717) is 44.7 Å². The fourth-order valence-corrected chi connectivity index (χ4v) is 3.74. The molecule has 1 atom stereocenters. The molecule has 0 spiro atoms. The molecule has 0 radical (unpaired) electrons. The first-order valence-electron chi connectivity index (χ1n) is 13.6. The van der Waals surface area contributed by atoms with E-state index in [9.17, 15) is 0 Å². The number of nitrogens with zero attached hydrogens (tertiary/aromatic N) is 4. The van der Waals surface area contributed by atoms with Gasteiger partial charge in [-0.3, -0.25) is 0 Å². The Morgan fingerprint density at radius 3 is 1.74 bits per heavy atom. The Hall–Kier alpha value is -4.10. The maximum atomic E-state index is 9.08. The van der Waals surface area contributed by atoms with Crippen LogP contribution < -0.4 is 31.6 Å². The highest BCUT2D eigenvalue weighted by Crippen LogP contribution is 2.30. The van der Waals surface area contributed by atoms with E-state index in [1.807, 2.05) is 6.92 Å². The first-order chi connectivity index (χ1) is 20.8. The summed E-state index contributed by atoms with van der Waals surface area (Å²) < 4.78 is 11.5. The van der Waals surface area contributed by atoms with Crippen molar-refractivity contribution in [3.8, 4) is 23.0 Å². The number of aromatic nitrogens is 4. The van der Waals surface area contributed by atoms with E-state index in [0.717, 1.165) is 32.2 Å². The van der Waals surface area contributed by atoms with Crippen molar-refractivity contribution >= 4 is 46.7 Å². The SMILES string of the molecule is CC(CO)Nc1nc(N)ncc1Oc1ccc(Cl)cc1.Nc1ncc(Oc2ccc(Cl)cc2)c(NCCCCCCO)n1. The molecule has 0 aliphatic rings. The molecular weight excluding hydrogens is 595 g/mol. The average molecular weight is 632 g/mol. The van der Waals surface area contributed by atoms with Crippen molar-refractivity contribution in [1.29, 1.82) is 0 Å². The van der Waals surface area contributed by atoms with Crippen molar-refractivity contribution in [2.45, 2.75) is 38.6 Å². The number of ether oxygens (including phenoxy) is 2. The highest BCUT2D eigenvalue weighted by molar-refractivity contribution is 6.30. The topological polar surface area (TPSA) is 187 Å². The number of hydrogen-bond acceptors (Lipinski definition) is 12. The Balaban J connectivity index is 0.000000238. The van der Waals surface area contributed by atoms with Gasteiger partial charge in [-0.2, -0.15) is 9.97 Å². The summed E-state index contributed by atoms with van der Waals surface area (Å²) in [5, 5.41) is 25.3. The van der Waals surface area contributed by atoms with E-state index in [1.165, 1.54) is 6.20 Å². The maximum absolute atomic E-state index is 9.08. The van der Waals surface area contributed by atoms with Gasteiger partial charge < -0.3 is 41.8 Å². The fraction of sp³-hybridized carbons (Fsp3) is 0.310. The number of hydrogen-bond donors (Lipinski definition) is 6. The number of nitrogen functional groups attached to an aromatic ring is 2. The van der Waals surface area contributed by atoms with Crippen LogP contribution in [0.1, 0.15) is 32.6 Å². The summed E-state index contributed by atoms with van der Waals surface area (Å²) in [6, 6.07) is 13.8. The molecule has 1 unspecified atom stereocenters. The minimum Gasteiger partial charge on any atom is -0.452 e. The standard InChI is InChI=1S/C16H21ClN4O2.C13H15ClN4O2/c17-12-5-7-13(8-6-12)23-14-11-20-16(18)21-15(14)19-9-3-1-2-4-10-22;1-8(7-19)17-12-11(6-16-13(15)18-12)20-10-4-2-9(14)3-5-10/h5-8,11,22H,1-4,9-10H2,(H3,18,19,20,21);2-6,8,19H,7H2,1H3,(H3,15,16,17,18). The third-order valence-corrected chi connectivity index (χ3v) is 6.17. The predicted octanol–water partition coefficient (Wildman–Crippen LogP) is 5.77. The van der Waals surface area contributed by atoms with Crippen LogP contribution in [0.4, 0.5) is 23.5 Å². The van der Waals surface area contributed by atoms with Crippen molar-refractivity contribution in [1.82, 2.24) is 19.9 Å². The van der Waals surface area contributed by atoms with Crippen LogP contribution in [0, 0.1) is 0 Å². The van der Waals surface area contributed by atoms with Crippen molar-refractivity contribution in [3.63, 3.8) is 0 Å². The molecule has 4 aromatic rings. The zero-order valence-corrected chi connectivity index (χ0v) is 25.2. The molecule has 43 heavy (non-hydrogen) atoms. The molecule has 0 bridgehead atoms. The first kappa shape index (κ1) is 33.4. The summed E-state index contributed by atoms with van der Waals surface area (Å²) in [5.41, 5.74) is 11.2.